The first kappa shape index (κ1) is 19.1. The van der Waals surface area contributed by atoms with Crippen molar-refractivity contribution in [1.82, 2.24) is 0 Å². The molecule has 0 saturated heterocycles. The molecule has 0 amide bonds. The van der Waals surface area contributed by atoms with Gasteiger partial charge in [0.05, 0.1) is 23.2 Å². The Balaban J connectivity index is 5.92. The van der Waals surface area contributed by atoms with Gasteiger partial charge in [0.15, 0.2) is 0 Å². The van der Waals surface area contributed by atoms with Crippen molar-refractivity contribution in [3.8, 4) is 0 Å². The third-order valence-electron chi connectivity index (χ3n) is 1.89. The molecule has 0 bridgehead atoms. The molecule has 18 heteroatoms. The van der Waals surface area contributed by atoms with Gasteiger partial charge < -0.3 is 11.5 Å². The average Bonchev–Trinajstić information content (AvgIpc) is 2.40. The van der Waals surface area contributed by atoms with Gasteiger partial charge in [-0.2, -0.15) is 0 Å². The van der Waals surface area contributed by atoms with E-state index >= 15 is 0 Å². The number of alkyl halides is 2. The SMILES string of the molecule is N/C(=N\N=C(/N)C(Cl)([N+](=O)[O-])[N+](=O)[O-])C(Cl)([N+](=O)[O-])[N+](=O)[O-]. The average molecular weight is 363 g/mol. The first-order chi connectivity index (χ1) is 9.82. The predicted octanol–water partition coefficient (Wildman–Crippen LogP) is -1.49. The second kappa shape index (κ2) is 6.26. The summed E-state index contributed by atoms with van der Waals surface area (Å²) in [5.74, 6) is -3.14. The summed E-state index contributed by atoms with van der Waals surface area (Å²) in [4.78, 5) is 35.4. The van der Waals surface area contributed by atoms with E-state index in [1.54, 1.807) is 0 Å². The van der Waals surface area contributed by atoms with Gasteiger partial charge in [-0.25, -0.2) is 0 Å². The van der Waals surface area contributed by atoms with Crippen molar-refractivity contribution in [2.75, 3.05) is 0 Å². The highest BCUT2D eigenvalue weighted by atomic mass is 35.5. The van der Waals surface area contributed by atoms with Crippen molar-refractivity contribution < 1.29 is 19.7 Å². The van der Waals surface area contributed by atoms with Crippen LogP contribution in [0.2, 0.25) is 0 Å². The van der Waals surface area contributed by atoms with E-state index in [1.807, 2.05) is 0 Å². The third kappa shape index (κ3) is 3.06. The number of rotatable bonds is 7. The quantitative estimate of drug-likeness (QED) is 0.101. The molecule has 0 atom stereocenters. The largest absolute Gasteiger partial charge is 0.597 e. The lowest BCUT2D eigenvalue weighted by Crippen LogP contribution is -2.53. The van der Waals surface area contributed by atoms with Crippen LogP contribution in [0.15, 0.2) is 10.2 Å². The Morgan fingerprint density at radius 3 is 1.05 bits per heavy atom. The molecule has 0 aromatic heterocycles. The van der Waals surface area contributed by atoms with Crippen LogP contribution in [0.25, 0.3) is 0 Å². The zero-order valence-electron chi connectivity index (χ0n) is 9.86. The van der Waals surface area contributed by atoms with E-state index in [4.69, 9.17) is 34.7 Å². The van der Waals surface area contributed by atoms with Crippen molar-refractivity contribution >= 4 is 34.9 Å². The minimum atomic E-state index is -3.65. The Bertz CT molecular complexity index is 521. The predicted molar refractivity (Wildman–Crippen MR) is 68.4 cm³/mol. The first-order valence-corrected chi connectivity index (χ1v) is 5.21. The summed E-state index contributed by atoms with van der Waals surface area (Å²) in [6.07, 6.45) is 0. The molecule has 0 unspecified atom stereocenters. The Hall–Kier alpha value is -2.88. The van der Waals surface area contributed by atoms with Crippen LogP contribution in [0.4, 0.5) is 0 Å². The molecule has 0 aromatic rings. The zero-order chi connectivity index (χ0) is 17.9. The van der Waals surface area contributed by atoms with Gasteiger partial charge >= 0.3 is 10.2 Å². The number of halogens is 2. The summed E-state index contributed by atoms with van der Waals surface area (Å²) < 4.78 is 0. The third-order valence-corrected chi connectivity index (χ3v) is 2.82. The van der Waals surface area contributed by atoms with Crippen molar-refractivity contribution in [3.05, 3.63) is 40.5 Å². The standard InChI is InChI=1S/C4H4Cl2N8O8/c5-3(11(15)16,12(17)18)1(7)9-10-2(8)4(6,13(19)20)14(21)22/h(H2,7,9)(H2,8,10). The molecule has 0 fully saturated rings. The first-order valence-electron chi connectivity index (χ1n) is 4.46. The Morgan fingerprint density at radius 1 is 0.727 bits per heavy atom. The number of nitrogens with zero attached hydrogens (tertiary/aromatic N) is 6. The van der Waals surface area contributed by atoms with E-state index in [0.29, 0.717) is 0 Å². The molecule has 0 saturated carbocycles. The Morgan fingerprint density at radius 2 is 0.909 bits per heavy atom. The maximum Gasteiger partial charge on any atom is 0.597 e. The summed E-state index contributed by atoms with van der Waals surface area (Å²) in [5, 5.41) is 40.0. The molecule has 0 aliphatic carbocycles. The van der Waals surface area contributed by atoms with Gasteiger partial charge in [-0.15, -0.1) is 10.2 Å². The topological polar surface area (TPSA) is 249 Å². The van der Waals surface area contributed by atoms with Gasteiger partial charge in [0.1, 0.15) is 19.7 Å². The van der Waals surface area contributed by atoms with Crippen LogP contribution in [0.1, 0.15) is 0 Å². The number of nitrogens with two attached hydrogens (primary N) is 2. The number of amidine groups is 2. The summed E-state index contributed by atoms with van der Waals surface area (Å²) in [6.45, 7) is 0. The molecular formula is C4H4Cl2N8O8. The van der Waals surface area contributed by atoms with Crippen LogP contribution >= 0.6 is 23.2 Å². The lowest BCUT2D eigenvalue weighted by Gasteiger charge is -2.08. The molecule has 0 aliphatic rings. The van der Waals surface area contributed by atoms with Crippen molar-refractivity contribution in [2.24, 2.45) is 21.7 Å². The lowest BCUT2D eigenvalue weighted by molar-refractivity contribution is -0.743. The van der Waals surface area contributed by atoms with E-state index in [1.165, 1.54) is 0 Å². The number of hydrogen-bond donors (Lipinski definition) is 2. The second-order valence-corrected chi connectivity index (χ2v) is 4.23. The molecule has 0 aliphatic heterocycles. The highest BCUT2D eigenvalue weighted by molar-refractivity contribution is 6.33. The highest BCUT2D eigenvalue weighted by Gasteiger charge is 2.62. The summed E-state index contributed by atoms with van der Waals surface area (Å²) in [7, 11) is 0. The zero-order valence-corrected chi connectivity index (χ0v) is 11.4. The lowest BCUT2D eigenvalue weighted by atomic mass is 10.4. The van der Waals surface area contributed by atoms with Crippen LogP contribution in [0.5, 0.6) is 0 Å². The van der Waals surface area contributed by atoms with E-state index in [2.05, 4.69) is 10.2 Å². The summed E-state index contributed by atoms with van der Waals surface area (Å²) in [5.41, 5.74) is 9.77. The monoisotopic (exact) mass is 362 g/mol. The molecule has 0 heterocycles. The smallest absolute Gasteiger partial charge is 0.372 e. The number of nitro groups is 4. The molecule has 4 N–H and O–H groups in total. The van der Waals surface area contributed by atoms with E-state index in [-0.39, 0.29) is 0 Å². The van der Waals surface area contributed by atoms with Gasteiger partial charge in [-0.3, -0.25) is 40.5 Å². The van der Waals surface area contributed by atoms with Gasteiger partial charge in [0, 0.05) is 0 Å². The Labute approximate surface area is 127 Å². The molecule has 0 rings (SSSR count). The fourth-order valence-electron chi connectivity index (χ4n) is 0.742. The van der Waals surface area contributed by atoms with Crippen molar-refractivity contribution in [3.63, 3.8) is 0 Å². The molecule has 122 valence electrons. The summed E-state index contributed by atoms with van der Waals surface area (Å²) in [6, 6.07) is 0. The van der Waals surface area contributed by atoms with E-state index < -0.39 is 41.6 Å². The van der Waals surface area contributed by atoms with Crippen LogP contribution in [0, 0.1) is 40.5 Å². The second-order valence-electron chi connectivity index (χ2n) is 3.17. The minimum Gasteiger partial charge on any atom is -0.372 e. The van der Waals surface area contributed by atoms with Crippen LogP contribution < -0.4 is 11.5 Å². The molecule has 0 radical (unpaired) electrons. The molecular weight excluding hydrogens is 359 g/mol. The van der Waals surface area contributed by atoms with Crippen LogP contribution in [-0.2, 0) is 0 Å². The van der Waals surface area contributed by atoms with E-state index in [9.17, 15) is 40.5 Å². The van der Waals surface area contributed by atoms with Gasteiger partial charge in [0.25, 0.3) is 11.7 Å². The normalized spacial score (nSPS) is 13.5. The van der Waals surface area contributed by atoms with Crippen molar-refractivity contribution in [1.29, 1.82) is 0 Å². The maximum absolute atomic E-state index is 10.5. The maximum atomic E-state index is 10.5. The van der Waals surface area contributed by atoms with Gasteiger partial charge in [0.2, 0.25) is 0 Å². The Kier molecular flexibility index (Phi) is 5.44. The van der Waals surface area contributed by atoms with Gasteiger partial charge in [-0.1, -0.05) is 0 Å². The fraction of sp³-hybridized carbons (Fsp3) is 0.500. The fourth-order valence-corrected chi connectivity index (χ4v) is 0.818. The van der Waals surface area contributed by atoms with Gasteiger partial charge in [-0.05, 0) is 0 Å². The van der Waals surface area contributed by atoms with Crippen LogP contribution in [-0.4, -0.2) is 41.6 Å². The van der Waals surface area contributed by atoms with E-state index in [0.717, 1.165) is 0 Å². The van der Waals surface area contributed by atoms with Crippen LogP contribution in [0.3, 0.4) is 0 Å². The highest BCUT2D eigenvalue weighted by Crippen LogP contribution is 2.19. The molecule has 22 heavy (non-hydrogen) atoms. The van der Waals surface area contributed by atoms with Crippen molar-refractivity contribution in [2.45, 2.75) is 10.2 Å². The minimum absolute atomic E-state index is 1.57. The molecule has 16 nitrogen and oxygen atoms in total. The molecule has 0 spiro atoms. The summed E-state index contributed by atoms with van der Waals surface area (Å²) >= 11 is 10.0. The number of hydrogen-bond acceptors (Lipinski definition) is 10. The molecule has 0 aromatic carbocycles.